The summed E-state index contributed by atoms with van der Waals surface area (Å²) < 4.78 is 32.5. The molecule has 0 aromatic heterocycles. The monoisotopic (exact) mass is 385 g/mol. The summed E-state index contributed by atoms with van der Waals surface area (Å²) >= 11 is 0. The molecule has 3 rings (SSSR count). The minimum absolute atomic E-state index is 0.237. The molecule has 0 unspecified atom stereocenters. The molecule has 1 heterocycles. The van der Waals surface area contributed by atoms with Gasteiger partial charge < -0.3 is 4.74 Å². The van der Waals surface area contributed by atoms with Crippen LogP contribution >= 0.6 is 0 Å². The SMILES string of the molecule is CCOc1ccc(CN2CCN(S(=O)(=O)c3ccc(C#N)cc3)CC2)cc1. The molecular formula is C20H23N3O3S. The molecule has 2 aromatic carbocycles. The van der Waals surface area contributed by atoms with Crippen LogP contribution < -0.4 is 4.74 Å². The van der Waals surface area contributed by atoms with Crippen LogP contribution in [0.25, 0.3) is 0 Å². The van der Waals surface area contributed by atoms with Crippen molar-refractivity contribution < 1.29 is 13.2 Å². The number of hydrogen-bond acceptors (Lipinski definition) is 5. The van der Waals surface area contributed by atoms with Crippen molar-refractivity contribution in [3.63, 3.8) is 0 Å². The summed E-state index contributed by atoms with van der Waals surface area (Å²) in [5.41, 5.74) is 1.64. The molecule has 0 saturated carbocycles. The van der Waals surface area contributed by atoms with Crippen LogP contribution in [0.15, 0.2) is 53.4 Å². The van der Waals surface area contributed by atoms with Gasteiger partial charge in [-0.05, 0) is 48.9 Å². The Morgan fingerprint density at radius 1 is 1.00 bits per heavy atom. The topological polar surface area (TPSA) is 73.6 Å². The highest BCUT2D eigenvalue weighted by Crippen LogP contribution is 2.20. The lowest BCUT2D eigenvalue weighted by molar-refractivity contribution is 0.181. The fourth-order valence-corrected chi connectivity index (χ4v) is 4.52. The first-order valence-corrected chi connectivity index (χ1v) is 10.4. The minimum Gasteiger partial charge on any atom is -0.494 e. The van der Waals surface area contributed by atoms with E-state index in [0.29, 0.717) is 38.3 Å². The molecule has 0 spiro atoms. The molecule has 0 N–H and O–H groups in total. The van der Waals surface area contributed by atoms with Crippen LogP contribution in [0.2, 0.25) is 0 Å². The number of sulfonamides is 1. The van der Waals surface area contributed by atoms with Crippen LogP contribution in [0.3, 0.4) is 0 Å². The Kier molecular flexibility index (Phi) is 6.11. The van der Waals surface area contributed by atoms with Crippen LogP contribution in [0, 0.1) is 11.3 Å². The Bertz CT molecular complexity index is 895. The van der Waals surface area contributed by atoms with Crippen molar-refractivity contribution in [3.8, 4) is 11.8 Å². The van der Waals surface area contributed by atoms with E-state index in [0.717, 1.165) is 12.3 Å². The van der Waals surface area contributed by atoms with Gasteiger partial charge in [0.15, 0.2) is 0 Å². The van der Waals surface area contributed by atoms with E-state index in [1.807, 2.05) is 37.3 Å². The highest BCUT2D eigenvalue weighted by Gasteiger charge is 2.28. The maximum Gasteiger partial charge on any atom is 0.243 e. The normalized spacial score (nSPS) is 16.0. The van der Waals surface area contributed by atoms with Gasteiger partial charge in [0, 0.05) is 32.7 Å². The summed E-state index contributed by atoms with van der Waals surface area (Å²) in [5.74, 6) is 0.861. The second-order valence-corrected chi connectivity index (χ2v) is 8.33. The summed E-state index contributed by atoms with van der Waals surface area (Å²) in [4.78, 5) is 2.49. The van der Waals surface area contributed by atoms with Gasteiger partial charge in [-0.25, -0.2) is 8.42 Å². The number of rotatable bonds is 6. The average molecular weight is 385 g/mol. The van der Waals surface area contributed by atoms with Crippen LogP contribution in [-0.2, 0) is 16.6 Å². The largest absolute Gasteiger partial charge is 0.494 e. The van der Waals surface area contributed by atoms with Gasteiger partial charge in [0.05, 0.1) is 23.1 Å². The van der Waals surface area contributed by atoms with Gasteiger partial charge in [0.1, 0.15) is 5.75 Å². The Balaban J connectivity index is 1.58. The van der Waals surface area contributed by atoms with Crippen LogP contribution in [-0.4, -0.2) is 50.4 Å². The Labute approximate surface area is 160 Å². The minimum atomic E-state index is -3.51. The number of nitriles is 1. The second-order valence-electron chi connectivity index (χ2n) is 6.39. The molecule has 7 heteroatoms. The summed E-state index contributed by atoms with van der Waals surface area (Å²) in [6.07, 6.45) is 0. The van der Waals surface area contributed by atoms with Crippen molar-refractivity contribution in [1.29, 1.82) is 5.26 Å². The summed E-state index contributed by atoms with van der Waals surface area (Å²) in [5, 5.41) is 8.85. The van der Waals surface area contributed by atoms with E-state index >= 15 is 0 Å². The van der Waals surface area contributed by atoms with Crippen molar-refractivity contribution in [3.05, 3.63) is 59.7 Å². The predicted molar refractivity (Wildman–Crippen MR) is 103 cm³/mol. The molecule has 1 aliphatic rings. The zero-order valence-corrected chi connectivity index (χ0v) is 16.2. The first-order chi connectivity index (χ1) is 13.0. The summed E-state index contributed by atoms with van der Waals surface area (Å²) in [7, 11) is -3.51. The third kappa shape index (κ3) is 4.66. The van der Waals surface area contributed by atoms with E-state index in [4.69, 9.17) is 10.00 Å². The van der Waals surface area contributed by atoms with Crippen molar-refractivity contribution in [2.45, 2.75) is 18.4 Å². The van der Waals surface area contributed by atoms with Crippen molar-refractivity contribution >= 4 is 10.0 Å². The van der Waals surface area contributed by atoms with Crippen molar-refractivity contribution in [2.24, 2.45) is 0 Å². The zero-order valence-electron chi connectivity index (χ0n) is 15.3. The fraction of sp³-hybridized carbons (Fsp3) is 0.350. The molecule has 0 atom stereocenters. The van der Waals surface area contributed by atoms with Gasteiger partial charge in [-0.2, -0.15) is 9.57 Å². The van der Waals surface area contributed by atoms with E-state index in [-0.39, 0.29) is 4.90 Å². The molecule has 0 radical (unpaired) electrons. The molecule has 6 nitrogen and oxygen atoms in total. The molecule has 0 bridgehead atoms. The lowest BCUT2D eigenvalue weighted by Gasteiger charge is -2.34. The van der Waals surface area contributed by atoms with Gasteiger partial charge >= 0.3 is 0 Å². The van der Waals surface area contributed by atoms with Gasteiger partial charge in [0.25, 0.3) is 0 Å². The van der Waals surface area contributed by atoms with Crippen LogP contribution in [0.4, 0.5) is 0 Å². The third-order valence-electron chi connectivity index (χ3n) is 4.59. The number of benzene rings is 2. The van der Waals surface area contributed by atoms with Crippen LogP contribution in [0.1, 0.15) is 18.1 Å². The molecule has 0 aliphatic carbocycles. The zero-order chi connectivity index (χ0) is 19.3. The quantitative estimate of drug-likeness (QED) is 0.764. The highest BCUT2D eigenvalue weighted by molar-refractivity contribution is 7.89. The van der Waals surface area contributed by atoms with E-state index in [2.05, 4.69) is 4.90 Å². The van der Waals surface area contributed by atoms with Gasteiger partial charge in [-0.15, -0.1) is 0 Å². The van der Waals surface area contributed by atoms with Crippen LogP contribution in [0.5, 0.6) is 5.75 Å². The van der Waals surface area contributed by atoms with E-state index in [1.54, 1.807) is 0 Å². The third-order valence-corrected chi connectivity index (χ3v) is 6.51. The molecule has 1 fully saturated rings. The first-order valence-electron chi connectivity index (χ1n) is 8.97. The molecular weight excluding hydrogens is 362 g/mol. The first kappa shape index (κ1) is 19.4. The second kappa shape index (κ2) is 8.53. The lowest BCUT2D eigenvalue weighted by atomic mass is 10.2. The van der Waals surface area contributed by atoms with E-state index < -0.39 is 10.0 Å². The predicted octanol–water partition coefficient (Wildman–Crippen LogP) is 2.46. The number of hydrogen-bond donors (Lipinski definition) is 0. The van der Waals surface area contributed by atoms with E-state index in [1.165, 1.54) is 34.1 Å². The number of ether oxygens (including phenoxy) is 1. The molecule has 0 amide bonds. The Morgan fingerprint density at radius 3 is 2.19 bits per heavy atom. The Hall–Kier alpha value is -2.40. The fourth-order valence-electron chi connectivity index (χ4n) is 3.09. The number of piperazine rings is 1. The van der Waals surface area contributed by atoms with Gasteiger partial charge in [-0.3, -0.25) is 4.90 Å². The Morgan fingerprint density at radius 2 is 1.63 bits per heavy atom. The van der Waals surface area contributed by atoms with Crippen molar-refractivity contribution in [1.82, 2.24) is 9.21 Å². The molecule has 2 aromatic rings. The standard InChI is InChI=1S/C20H23N3O3S/c1-2-26-19-7-3-18(4-8-19)16-22-11-13-23(14-12-22)27(24,25)20-9-5-17(15-21)6-10-20/h3-10H,2,11-14,16H2,1H3. The smallest absolute Gasteiger partial charge is 0.243 e. The maximum absolute atomic E-state index is 12.8. The van der Waals surface area contributed by atoms with Crippen molar-refractivity contribution in [2.75, 3.05) is 32.8 Å². The highest BCUT2D eigenvalue weighted by atomic mass is 32.2. The molecule has 1 saturated heterocycles. The molecule has 1 aliphatic heterocycles. The molecule has 27 heavy (non-hydrogen) atoms. The summed E-state index contributed by atoms with van der Waals surface area (Å²) in [6.45, 7) is 5.68. The maximum atomic E-state index is 12.8. The number of nitrogens with zero attached hydrogens (tertiary/aromatic N) is 3. The molecule has 142 valence electrons. The summed E-state index contributed by atoms with van der Waals surface area (Å²) in [6, 6.07) is 16.1. The average Bonchev–Trinajstić information content (AvgIpc) is 2.70. The van der Waals surface area contributed by atoms with Gasteiger partial charge in [-0.1, -0.05) is 12.1 Å². The van der Waals surface area contributed by atoms with E-state index in [9.17, 15) is 8.42 Å². The lowest BCUT2D eigenvalue weighted by Crippen LogP contribution is -2.48. The van der Waals surface area contributed by atoms with Gasteiger partial charge in [0.2, 0.25) is 10.0 Å².